The highest BCUT2D eigenvalue weighted by molar-refractivity contribution is 5.84. The van der Waals surface area contributed by atoms with Crippen molar-refractivity contribution in [3.05, 3.63) is 25.3 Å². The lowest BCUT2D eigenvalue weighted by molar-refractivity contribution is -0.148. The lowest BCUT2D eigenvalue weighted by Gasteiger charge is -2.47. The number of rotatable bonds is 5. The zero-order valence-corrected chi connectivity index (χ0v) is 14.9. The average Bonchev–Trinajstić information content (AvgIpc) is 2.92. The van der Waals surface area contributed by atoms with Gasteiger partial charge in [0, 0.05) is 19.5 Å². The fourth-order valence-electron chi connectivity index (χ4n) is 3.32. The fourth-order valence-corrected chi connectivity index (χ4v) is 3.32. The highest BCUT2D eigenvalue weighted by atomic mass is 16.6. The van der Waals surface area contributed by atoms with E-state index in [1.165, 1.54) is 26.9 Å². The number of aliphatic hydroxyl groups is 1. The number of likely N-dealkylation sites (tertiary alicyclic amines) is 1. The maximum Gasteiger partial charge on any atom is 0.412 e. The van der Waals surface area contributed by atoms with Crippen molar-refractivity contribution in [2.45, 2.75) is 25.1 Å². The summed E-state index contributed by atoms with van der Waals surface area (Å²) < 4.78 is 10.0. The summed E-state index contributed by atoms with van der Waals surface area (Å²) in [5.41, 5.74) is -1.02. The van der Waals surface area contributed by atoms with Crippen LogP contribution in [0.5, 0.6) is 0 Å². The third-order valence-corrected chi connectivity index (χ3v) is 4.53. The lowest BCUT2D eigenvalue weighted by atomic mass is 10.0. The van der Waals surface area contributed by atoms with E-state index in [9.17, 15) is 19.5 Å². The maximum atomic E-state index is 12.6. The Labute approximate surface area is 152 Å². The van der Waals surface area contributed by atoms with Crippen molar-refractivity contribution >= 4 is 18.1 Å². The van der Waals surface area contributed by atoms with E-state index < -0.39 is 24.0 Å². The van der Waals surface area contributed by atoms with Gasteiger partial charge >= 0.3 is 12.2 Å². The molecule has 2 fully saturated rings. The van der Waals surface area contributed by atoms with E-state index >= 15 is 0 Å². The first kappa shape index (κ1) is 19.8. The smallest absolute Gasteiger partial charge is 0.412 e. The first-order valence-corrected chi connectivity index (χ1v) is 8.40. The van der Waals surface area contributed by atoms with Crippen LogP contribution in [0.15, 0.2) is 25.3 Å². The molecule has 1 N–H and O–H groups in total. The van der Waals surface area contributed by atoms with E-state index in [1.54, 1.807) is 6.92 Å². The van der Waals surface area contributed by atoms with Gasteiger partial charge in [0.2, 0.25) is 5.91 Å². The van der Waals surface area contributed by atoms with Crippen molar-refractivity contribution in [3.63, 3.8) is 0 Å². The van der Waals surface area contributed by atoms with Crippen molar-refractivity contribution in [2.24, 2.45) is 0 Å². The van der Waals surface area contributed by atoms with Crippen LogP contribution in [0.2, 0.25) is 0 Å². The lowest BCUT2D eigenvalue weighted by Crippen LogP contribution is -2.65. The van der Waals surface area contributed by atoms with Gasteiger partial charge in [0.25, 0.3) is 0 Å². The number of ether oxygens (including phenoxy) is 2. The molecule has 3 amide bonds. The van der Waals surface area contributed by atoms with E-state index in [1.807, 2.05) is 0 Å². The molecule has 2 saturated heterocycles. The number of aliphatic hydroxyl groups excluding tert-OH is 1. The van der Waals surface area contributed by atoms with Crippen molar-refractivity contribution in [1.29, 1.82) is 0 Å². The molecule has 0 aromatic rings. The van der Waals surface area contributed by atoms with Crippen LogP contribution >= 0.6 is 0 Å². The Morgan fingerprint density at radius 3 is 2.42 bits per heavy atom. The van der Waals surface area contributed by atoms with E-state index in [-0.39, 0.29) is 51.7 Å². The Balaban J connectivity index is 2.09. The van der Waals surface area contributed by atoms with E-state index in [0.29, 0.717) is 0 Å². The number of carbonyl (C=O) groups is 3. The summed E-state index contributed by atoms with van der Waals surface area (Å²) in [5.74, 6) is -0.329. The van der Waals surface area contributed by atoms with Crippen LogP contribution in [0, 0.1) is 0 Å². The number of β-amino-alcohol motifs (C(OH)–C–C–N with tert-alkyl or cyclic N) is 1. The van der Waals surface area contributed by atoms with Gasteiger partial charge in [-0.3, -0.25) is 14.6 Å². The zero-order valence-electron chi connectivity index (χ0n) is 14.9. The van der Waals surface area contributed by atoms with Crippen LogP contribution in [0.1, 0.15) is 13.3 Å². The Morgan fingerprint density at radius 1 is 1.23 bits per heavy atom. The predicted molar refractivity (Wildman–Crippen MR) is 92.1 cm³/mol. The molecule has 0 aliphatic carbocycles. The number of hydrogen-bond donors (Lipinski definition) is 1. The highest BCUT2D eigenvalue weighted by Gasteiger charge is 2.51. The second-order valence-electron chi connectivity index (χ2n) is 6.38. The number of nitrogens with zero attached hydrogens (tertiary/aromatic N) is 3. The summed E-state index contributed by atoms with van der Waals surface area (Å²) in [4.78, 5) is 41.0. The minimum atomic E-state index is -1.02. The van der Waals surface area contributed by atoms with E-state index in [4.69, 9.17) is 9.47 Å². The molecule has 2 unspecified atom stereocenters. The molecule has 0 spiro atoms. The minimum absolute atomic E-state index is 0.0401. The quantitative estimate of drug-likeness (QED) is 0.713. The normalized spacial score (nSPS) is 25.8. The van der Waals surface area contributed by atoms with Crippen LogP contribution in [0.25, 0.3) is 0 Å². The third kappa shape index (κ3) is 3.98. The van der Waals surface area contributed by atoms with E-state index in [2.05, 4.69) is 13.2 Å². The van der Waals surface area contributed by atoms with E-state index in [0.717, 1.165) is 0 Å². The van der Waals surface area contributed by atoms with Crippen LogP contribution in [-0.4, -0.2) is 89.1 Å². The van der Waals surface area contributed by atoms with Gasteiger partial charge in [0.05, 0.1) is 12.6 Å². The number of carbonyl (C=O) groups excluding carboxylic acids is 3. The molecule has 2 aliphatic rings. The van der Waals surface area contributed by atoms with Gasteiger partial charge in [0.15, 0.2) is 0 Å². The molecule has 9 heteroatoms. The molecule has 0 aromatic heterocycles. The Bertz CT molecular complexity index is 595. The summed E-state index contributed by atoms with van der Waals surface area (Å²) in [6, 6.07) is 0. The second-order valence-corrected chi connectivity index (χ2v) is 6.38. The number of amides is 3. The molecule has 2 heterocycles. The van der Waals surface area contributed by atoms with Gasteiger partial charge in [-0.05, 0) is 6.92 Å². The molecule has 2 rings (SSSR count). The van der Waals surface area contributed by atoms with Gasteiger partial charge in [-0.15, -0.1) is 0 Å². The predicted octanol–water partition coefficient (Wildman–Crippen LogP) is 0.559. The molecular formula is C17H25N3O6. The Kier molecular flexibility index (Phi) is 6.25. The van der Waals surface area contributed by atoms with Crippen molar-refractivity contribution < 1.29 is 29.0 Å². The summed E-state index contributed by atoms with van der Waals surface area (Å²) in [6.07, 6.45) is 1.13. The molecule has 0 aromatic carbocycles. The van der Waals surface area contributed by atoms with Gasteiger partial charge in [0.1, 0.15) is 25.4 Å². The highest BCUT2D eigenvalue weighted by Crippen LogP contribution is 2.34. The standard InChI is InChI=1S/C17H25N3O6/c1-4-8-25-15(23)18-6-7-19(14(22)12-18)17(3)10-13(21)11-20(17)16(24)26-9-5-2/h4-5,13,21H,1-2,6-12H2,3H3. The average molecular weight is 367 g/mol. The van der Waals surface area contributed by atoms with Crippen molar-refractivity contribution in [2.75, 3.05) is 39.4 Å². The second kappa shape index (κ2) is 8.22. The van der Waals surface area contributed by atoms with Gasteiger partial charge in [-0.2, -0.15) is 0 Å². The molecular weight excluding hydrogens is 342 g/mol. The third-order valence-electron chi connectivity index (χ3n) is 4.53. The molecule has 0 radical (unpaired) electrons. The monoisotopic (exact) mass is 367 g/mol. The largest absolute Gasteiger partial charge is 0.445 e. The summed E-state index contributed by atoms with van der Waals surface area (Å²) in [5, 5.41) is 10.1. The molecule has 0 saturated carbocycles. The Hall–Kier alpha value is -2.55. The Morgan fingerprint density at radius 2 is 1.85 bits per heavy atom. The summed E-state index contributed by atoms with van der Waals surface area (Å²) >= 11 is 0. The van der Waals surface area contributed by atoms with Crippen LogP contribution in [0.3, 0.4) is 0 Å². The molecule has 144 valence electrons. The minimum Gasteiger partial charge on any atom is -0.445 e. The summed E-state index contributed by atoms with van der Waals surface area (Å²) in [7, 11) is 0. The van der Waals surface area contributed by atoms with Gasteiger partial charge < -0.3 is 19.5 Å². The number of hydrogen-bond acceptors (Lipinski definition) is 6. The molecule has 2 atom stereocenters. The van der Waals surface area contributed by atoms with Crippen LogP contribution in [0.4, 0.5) is 9.59 Å². The first-order chi connectivity index (χ1) is 12.3. The summed E-state index contributed by atoms with van der Waals surface area (Å²) in [6.45, 7) is 9.18. The molecule has 26 heavy (non-hydrogen) atoms. The molecule has 2 aliphatic heterocycles. The van der Waals surface area contributed by atoms with Gasteiger partial charge in [-0.25, -0.2) is 9.59 Å². The van der Waals surface area contributed by atoms with Crippen LogP contribution in [-0.2, 0) is 14.3 Å². The topological polar surface area (TPSA) is 99.6 Å². The van der Waals surface area contributed by atoms with Crippen LogP contribution < -0.4 is 0 Å². The molecule has 9 nitrogen and oxygen atoms in total. The fraction of sp³-hybridized carbons (Fsp3) is 0.588. The van der Waals surface area contributed by atoms with Crippen molar-refractivity contribution in [1.82, 2.24) is 14.7 Å². The SMILES string of the molecule is C=CCOC(=O)N1CCN(C2(C)CC(O)CN2C(=O)OCC=C)C(=O)C1. The van der Waals surface area contributed by atoms with Gasteiger partial charge in [-0.1, -0.05) is 25.3 Å². The maximum absolute atomic E-state index is 12.6. The zero-order chi connectivity index (χ0) is 19.3. The number of piperazine rings is 1. The molecule has 0 bridgehead atoms. The first-order valence-electron chi connectivity index (χ1n) is 8.40. The van der Waals surface area contributed by atoms with Crippen molar-refractivity contribution in [3.8, 4) is 0 Å².